The fraction of sp³-hybridized carbons (Fsp3) is 0.421. The largest absolute Gasteiger partial charge is 0.352 e. The van der Waals surface area contributed by atoms with Gasteiger partial charge in [-0.3, -0.25) is 19.3 Å². The molecule has 5 heteroatoms. The van der Waals surface area contributed by atoms with E-state index in [1.54, 1.807) is 24.3 Å². The van der Waals surface area contributed by atoms with Gasteiger partial charge in [0.2, 0.25) is 11.8 Å². The van der Waals surface area contributed by atoms with Crippen molar-refractivity contribution in [2.24, 2.45) is 0 Å². The predicted molar refractivity (Wildman–Crippen MR) is 91.7 cm³/mol. The van der Waals surface area contributed by atoms with Crippen LogP contribution in [0.1, 0.15) is 55.3 Å². The van der Waals surface area contributed by atoms with Crippen LogP contribution >= 0.6 is 0 Å². The molecule has 0 atom stereocenters. The third kappa shape index (κ3) is 3.72. The van der Waals surface area contributed by atoms with Gasteiger partial charge < -0.3 is 5.32 Å². The van der Waals surface area contributed by atoms with Crippen molar-refractivity contribution in [2.75, 3.05) is 11.4 Å². The second-order valence-electron chi connectivity index (χ2n) is 6.28. The zero-order valence-corrected chi connectivity index (χ0v) is 13.7. The lowest BCUT2D eigenvalue weighted by atomic mass is 9.97. The monoisotopic (exact) mass is 326 g/mol. The zero-order valence-electron chi connectivity index (χ0n) is 13.7. The molecule has 0 aromatic heterocycles. The summed E-state index contributed by atoms with van der Waals surface area (Å²) in [4.78, 5) is 36.8. The van der Waals surface area contributed by atoms with Crippen LogP contribution < -0.4 is 10.2 Å². The average Bonchev–Trinajstić information content (AvgIpc) is 2.94. The van der Waals surface area contributed by atoms with Crippen LogP contribution in [-0.2, 0) is 9.59 Å². The van der Waals surface area contributed by atoms with Crippen LogP contribution in [0.5, 0.6) is 0 Å². The molecule has 0 bridgehead atoms. The van der Waals surface area contributed by atoms with Gasteiger partial charge in [-0.05, 0) is 56.4 Å². The number of nitrogens with zero attached hydrogens (tertiary/aromatic N) is 1. The van der Waals surface area contributed by atoms with Gasteiger partial charge in [-0.1, -0.05) is 11.6 Å². The summed E-state index contributed by atoms with van der Waals surface area (Å²) < 4.78 is 0. The molecule has 1 N–H and O–H groups in total. The van der Waals surface area contributed by atoms with Crippen LogP contribution in [0.4, 0.5) is 5.69 Å². The number of amides is 3. The topological polar surface area (TPSA) is 66.5 Å². The van der Waals surface area contributed by atoms with E-state index in [9.17, 15) is 14.4 Å². The first kappa shape index (κ1) is 16.4. The third-order valence-corrected chi connectivity index (χ3v) is 4.56. The molecule has 126 valence electrons. The molecule has 0 radical (unpaired) electrons. The number of nitrogens with one attached hydrogen (secondary N) is 1. The normalized spacial score (nSPS) is 17.8. The molecule has 1 aliphatic carbocycles. The number of imide groups is 1. The highest BCUT2D eigenvalue weighted by Gasteiger charge is 2.30. The summed E-state index contributed by atoms with van der Waals surface area (Å²) >= 11 is 0. The van der Waals surface area contributed by atoms with E-state index < -0.39 is 0 Å². The Balaban J connectivity index is 1.55. The first-order chi connectivity index (χ1) is 11.6. The molecule has 3 rings (SSSR count). The van der Waals surface area contributed by atoms with Crippen LogP contribution in [0, 0.1) is 0 Å². The van der Waals surface area contributed by atoms with Gasteiger partial charge in [0.1, 0.15) is 0 Å². The van der Waals surface area contributed by atoms with Gasteiger partial charge in [0.25, 0.3) is 5.91 Å². The molecule has 3 amide bonds. The Morgan fingerprint density at radius 3 is 2.33 bits per heavy atom. The molecule has 1 aliphatic heterocycles. The van der Waals surface area contributed by atoms with Crippen molar-refractivity contribution in [1.82, 2.24) is 5.32 Å². The smallest absolute Gasteiger partial charge is 0.251 e. The van der Waals surface area contributed by atoms with E-state index in [2.05, 4.69) is 11.4 Å². The first-order valence-electron chi connectivity index (χ1n) is 8.57. The first-order valence-corrected chi connectivity index (χ1v) is 8.57. The Kier molecular flexibility index (Phi) is 5.08. The minimum Gasteiger partial charge on any atom is -0.352 e. The number of benzene rings is 1. The SMILES string of the molecule is O=C(NCCC1=CCCCC1)c1ccc(N2C(=O)CCC2=O)cc1. The van der Waals surface area contributed by atoms with E-state index in [0.29, 0.717) is 17.8 Å². The molecular formula is C19H22N2O3. The number of allylic oxidation sites excluding steroid dienone is 1. The van der Waals surface area contributed by atoms with Crippen molar-refractivity contribution < 1.29 is 14.4 Å². The maximum Gasteiger partial charge on any atom is 0.251 e. The number of anilines is 1. The average molecular weight is 326 g/mol. The van der Waals surface area contributed by atoms with Crippen molar-refractivity contribution in [3.05, 3.63) is 41.5 Å². The molecule has 1 saturated heterocycles. The standard InChI is InChI=1S/C19H22N2O3/c22-17-10-11-18(23)21(17)16-8-6-15(7-9-16)19(24)20-13-12-14-4-2-1-3-5-14/h4,6-9H,1-3,5,10-13H2,(H,20,24). The minimum atomic E-state index is -0.182. The molecule has 1 aromatic carbocycles. The molecule has 2 aliphatic rings. The fourth-order valence-corrected chi connectivity index (χ4v) is 3.20. The molecule has 1 aromatic rings. The van der Waals surface area contributed by atoms with Crippen LogP contribution in [0.2, 0.25) is 0 Å². The summed E-state index contributed by atoms with van der Waals surface area (Å²) in [7, 11) is 0. The second-order valence-corrected chi connectivity index (χ2v) is 6.28. The van der Waals surface area contributed by atoms with E-state index in [0.717, 1.165) is 19.3 Å². The molecule has 5 nitrogen and oxygen atoms in total. The van der Waals surface area contributed by atoms with Gasteiger partial charge in [-0.2, -0.15) is 0 Å². The second kappa shape index (κ2) is 7.43. The third-order valence-electron chi connectivity index (χ3n) is 4.56. The lowest BCUT2D eigenvalue weighted by Crippen LogP contribution is -2.29. The molecule has 0 unspecified atom stereocenters. The number of rotatable bonds is 5. The highest BCUT2D eigenvalue weighted by Crippen LogP contribution is 2.23. The summed E-state index contributed by atoms with van der Waals surface area (Å²) in [6, 6.07) is 6.62. The number of hydrogen-bond acceptors (Lipinski definition) is 3. The minimum absolute atomic E-state index is 0.128. The highest BCUT2D eigenvalue weighted by atomic mass is 16.2. The Labute approximate surface area is 141 Å². The Hall–Kier alpha value is -2.43. The maximum atomic E-state index is 12.2. The Morgan fingerprint density at radius 1 is 1.00 bits per heavy atom. The highest BCUT2D eigenvalue weighted by molar-refractivity contribution is 6.19. The van der Waals surface area contributed by atoms with Crippen LogP contribution in [0.15, 0.2) is 35.9 Å². The van der Waals surface area contributed by atoms with Crippen molar-refractivity contribution in [3.63, 3.8) is 0 Å². The van der Waals surface area contributed by atoms with E-state index in [1.165, 1.54) is 23.3 Å². The van der Waals surface area contributed by atoms with Gasteiger partial charge >= 0.3 is 0 Å². The van der Waals surface area contributed by atoms with Crippen LogP contribution in [0.25, 0.3) is 0 Å². The molecular weight excluding hydrogens is 304 g/mol. The van der Waals surface area contributed by atoms with Gasteiger partial charge in [-0.25, -0.2) is 0 Å². The summed E-state index contributed by atoms with van der Waals surface area (Å²) in [6.45, 7) is 0.634. The number of carbonyl (C=O) groups is 3. The predicted octanol–water partition coefficient (Wildman–Crippen LogP) is 2.96. The molecule has 1 heterocycles. The van der Waals surface area contributed by atoms with E-state index >= 15 is 0 Å². The van der Waals surface area contributed by atoms with Crippen molar-refractivity contribution in [2.45, 2.75) is 44.9 Å². The Morgan fingerprint density at radius 2 is 1.71 bits per heavy atom. The number of carbonyl (C=O) groups excluding carboxylic acids is 3. The van der Waals surface area contributed by atoms with Gasteiger partial charge in [0.15, 0.2) is 0 Å². The van der Waals surface area contributed by atoms with Crippen LogP contribution in [0.3, 0.4) is 0 Å². The van der Waals surface area contributed by atoms with Crippen molar-refractivity contribution >= 4 is 23.4 Å². The zero-order chi connectivity index (χ0) is 16.9. The summed E-state index contributed by atoms with van der Waals surface area (Å²) in [5.74, 6) is -0.493. The number of hydrogen-bond donors (Lipinski definition) is 1. The lowest BCUT2D eigenvalue weighted by Gasteiger charge is -2.15. The Bertz CT molecular complexity index is 660. The fourth-order valence-electron chi connectivity index (χ4n) is 3.20. The van der Waals surface area contributed by atoms with E-state index in [1.807, 2.05) is 0 Å². The molecule has 0 spiro atoms. The molecule has 0 saturated carbocycles. The van der Waals surface area contributed by atoms with E-state index in [-0.39, 0.29) is 30.6 Å². The summed E-state index contributed by atoms with van der Waals surface area (Å²) in [5.41, 5.74) is 2.50. The summed E-state index contributed by atoms with van der Waals surface area (Å²) in [6.07, 6.45) is 8.52. The van der Waals surface area contributed by atoms with Crippen molar-refractivity contribution in [3.8, 4) is 0 Å². The van der Waals surface area contributed by atoms with Crippen LogP contribution in [-0.4, -0.2) is 24.3 Å². The summed E-state index contributed by atoms with van der Waals surface area (Å²) in [5, 5.41) is 2.93. The van der Waals surface area contributed by atoms with Gasteiger partial charge in [0, 0.05) is 24.9 Å². The quantitative estimate of drug-likeness (QED) is 0.668. The maximum absolute atomic E-state index is 12.2. The van der Waals surface area contributed by atoms with Gasteiger partial charge in [-0.15, -0.1) is 0 Å². The van der Waals surface area contributed by atoms with Gasteiger partial charge in [0.05, 0.1) is 5.69 Å². The lowest BCUT2D eigenvalue weighted by molar-refractivity contribution is -0.121. The van der Waals surface area contributed by atoms with Crippen molar-refractivity contribution in [1.29, 1.82) is 0 Å². The molecule has 1 fully saturated rings. The van der Waals surface area contributed by atoms with E-state index in [4.69, 9.17) is 0 Å². The molecule has 24 heavy (non-hydrogen) atoms.